The minimum absolute atomic E-state index is 0.254. The zero-order valence-electron chi connectivity index (χ0n) is 15.0. The SMILES string of the molecule is C[C@H]1CC(C)(C)CCC12OOC1(CCC(C)(C)C[C@@H]1C)OO2. The standard InChI is InChI=1S/C18H32O4/c1-13-11-15(3,4)7-9-17(13)19-21-18(22-20-17)10-8-16(5,6)12-14(18)2/h13-14H,7-12H2,1-6H3/t13-,14-,17?,18?/m0/s1. The maximum Gasteiger partial charge on any atom is 0.236 e. The van der Waals surface area contributed by atoms with Gasteiger partial charge in [0.05, 0.1) is 0 Å². The molecule has 3 rings (SSSR count). The van der Waals surface area contributed by atoms with E-state index in [9.17, 15) is 0 Å². The molecule has 0 radical (unpaired) electrons. The monoisotopic (exact) mass is 312 g/mol. The molecular formula is C18H32O4. The van der Waals surface area contributed by atoms with Crippen LogP contribution in [0.25, 0.3) is 0 Å². The van der Waals surface area contributed by atoms with Crippen LogP contribution in [0.5, 0.6) is 0 Å². The largest absolute Gasteiger partial charge is 0.236 e. The molecule has 2 atom stereocenters. The second kappa shape index (κ2) is 5.17. The summed E-state index contributed by atoms with van der Waals surface area (Å²) in [5.41, 5.74) is 0.656. The first-order valence-corrected chi connectivity index (χ1v) is 8.82. The van der Waals surface area contributed by atoms with E-state index in [1.54, 1.807) is 0 Å². The Balaban J connectivity index is 1.68. The fourth-order valence-corrected chi connectivity index (χ4v) is 4.50. The van der Waals surface area contributed by atoms with Gasteiger partial charge in [0, 0.05) is 24.7 Å². The van der Waals surface area contributed by atoms with Crippen LogP contribution >= 0.6 is 0 Å². The predicted molar refractivity (Wildman–Crippen MR) is 83.4 cm³/mol. The van der Waals surface area contributed by atoms with Crippen LogP contribution in [0.15, 0.2) is 0 Å². The lowest BCUT2D eigenvalue weighted by molar-refractivity contribution is -0.676. The van der Waals surface area contributed by atoms with Gasteiger partial charge in [-0.3, -0.25) is 0 Å². The van der Waals surface area contributed by atoms with Crippen LogP contribution in [0, 0.1) is 22.7 Å². The third kappa shape index (κ3) is 2.83. The highest BCUT2D eigenvalue weighted by Gasteiger charge is 2.58. The van der Waals surface area contributed by atoms with E-state index in [1.807, 2.05) is 0 Å². The van der Waals surface area contributed by atoms with E-state index < -0.39 is 11.6 Å². The first-order chi connectivity index (χ1) is 10.1. The summed E-state index contributed by atoms with van der Waals surface area (Å²) in [5.74, 6) is -0.950. The molecule has 2 saturated carbocycles. The average Bonchev–Trinajstić information content (AvgIpc) is 2.41. The highest BCUT2D eigenvalue weighted by Crippen LogP contribution is 2.53. The van der Waals surface area contributed by atoms with Gasteiger partial charge < -0.3 is 0 Å². The molecule has 3 aliphatic rings. The van der Waals surface area contributed by atoms with Gasteiger partial charge in [0.2, 0.25) is 11.6 Å². The fraction of sp³-hybridized carbons (Fsp3) is 1.00. The van der Waals surface area contributed by atoms with Gasteiger partial charge in [0.15, 0.2) is 0 Å². The molecule has 0 aromatic carbocycles. The molecule has 0 N–H and O–H groups in total. The van der Waals surface area contributed by atoms with Crippen molar-refractivity contribution in [3.05, 3.63) is 0 Å². The summed E-state index contributed by atoms with van der Waals surface area (Å²) in [6.07, 6.45) is 5.85. The molecule has 0 amide bonds. The minimum atomic E-state index is -0.729. The topological polar surface area (TPSA) is 36.9 Å². The third-order valence-corrected chi connectivity index (χ3v) is 6.17. The normalized spacial score (nSPS) is 39.0. The van der Waals surface area contributed by atoms with Gasteiger partial charge in [0.25, 0.3) is 0 Å². The van der Waals surface area contributed by atoms with E-state index in [0.717, 1.165) is 38.5 Å². The van der Waals surface area contributed by atoms with Gasteiger partial charge in [-0.2, -0.15) is 19.6 Å². The predicted octanol–water partition coefficient (Wildman–Crippen LogP) is 4.98. The highest BCUT2D eigenvalue weighted by molar-refractivity contribution is 4.92. The van der Waals surface area contributed by atoms with Gasteiger partial charge in [0.1, 0.15) is 0 Å². The first kappa shape index (κ1) is 16.7. The maximum absolute atomic E-state index is 5.90. The van der Waals surface area contributed by atoms with Crippen LogP contribution in [-0.2, 0) is 19.6 Å². The lowest BCUT2D eigenvalue weighted by Gasteiger charge is -2.53. The van der Waals surface area contributed by atoms with Crippen LogP contribution in [0.4, 0.5) is 0 Å². The Morgan fingerprint density at radius 3 is 1.18 bits per heavy atom. The summed E-state index contributed by atoms with van der Waals surface area (Å²) in [6, 6.07) is 0. The molecule has 1 heterocycles. The van der Waals surface area contributed by atoms with Crippen molar-refractivity contribution in [3.63, 3.8) is 0 Å². The van der Waals surface area contributed by atoms with Crippen molar-refractivity contribution in [3.8, 4) is 0 Å². The van der Waals surface area contributed by atoms with Crippen molar-refractivity contribution < 1.29 is 19.6 Å². The summed E-state index contributed by atoms with van der Waals surface area (Å²) in [6.45, 7) is 13.5. The van der Waals surface area contributed by atoms with E-state index in [-0.39, 0.29) is 11.8 Å². The van der Waals surface area contributed by atoms with Crippen molar-refractivity contribution in [2.24, 2.45) is 22.7 Å². The molecule has 0 unspecified atom stereocenters. The maximum atomic E-state index is 5.90. The summed E-state index contributed by atoms with van der Waals surface area (Å²) in [4.78, 5) is 23.6. The summed E-state index contributed by atoms with van der Waals surface area (Å²) < 4.78 is 0. The van der Waals surface area contributed by atoms with Crippen LogP contribution in [-0.4, -0.2) is 11.6 Å². The summed E-state index contributed by atoms with van der Waals surface area (Å²) >= 11 is 0. The van der Waals surface area contributed by atoms with Crippen LogP contribution in [0.2, 0.25) is 0 Å². The third-order valence-electron chi connectivity index (χ3n) is 6.17. The van der Waals surface area contributed by atoms with Gasteiger partial charge in [-0.05, 0) is 36.5 Å². The number of hydrogen-bond donors (Lipinski definition) is 0. The Labute approximate surface area is 134 Å². The van der Waals surface area contributed by atoms with Gasteiger partial charge in [-0.25, -0.2) is 0 Å². The molecule has 128 valence electrons. The summed E-state index contributed by atoms with van der Waals surface area (Å²) in [5, 5.41) is 0. The smallest absolute Gasteiger partial charge is 0.195 e. The zero-order valence-corrected chi connectivity index (χ0v) is 15.0. The highest BCUT2D eigenvalue weighted by atomic mass is 17.4. The first-order valence-electron chi connectivity index (χ1n) is 8.82. The van der Waals surface area contributed by atoms with Crippen molar-refractivity contribution in [1.82, 2.24) is 0 Å². The second-order valence-electron chi connectivity index (χ2n) is 9.50. The van der Waals surface area contributed by atoms with Crippen LogP contribution in [0.3, 0.4) is 0 Å². The summed E-state index contributed by atoms with van der Waals surface area (Å²) in [7, 11) is 0. The van der Waals surface area contributed by atoms with Crippen LogP contribution in [0.1, 0.15) is 80.1 Å². The average molecular weight is 312 g/mol. The molecular weight excluding hydrogens is 280 g/mol. The van der Waals surface area contributed by atoms with Gasteiger partial charge >= 0.3 is 0 Å². The van der Waals surface area contributed by atoms with Crippen molar-refractivity contribution in [2.45, 2.75) is 91.6 Å². The van der Waals surface area contributed by atoms with Gasteiger partial charge in [-0.15, -0.1) is 0 Å². The van der Waals surface area contributed by atoms with E-state index >= 15 is 0 Å². The molecule has 1 saturated heterocycles. The molecule has 4 nitrogen and oxygen atoms in total. The Kier molecular flexibility index (Phi) is 3.92. The van der Waals surface area contributed by atoms with Gasteiger partial charge in [-0.1, -0.05) is 41.5 Å². The van der Waals surface area contributed by atoms with Crippen molar-refractivity contribution in [2.75, 3.05) is 0 Å². The number of hydrogen-bond acceptors (Lipinski definition) is 4. The van der Waals surface area contributed by atoms with Crippen molar-refractivity contribution in [1.29, 1.82) is 0 Å². The van der Waals surface area contributed by atoms with E-state index in [1.165, 1.54) is 0 Å². The van der Waals surface area contributed by atoms with E-state index in [4.69, 9.17) is 19.6 Å². The molecule has 0 aromatic heterocycles. The van der Waals surface area contributed by atoms with Crippen molar-refractivity contribution >= 4 is 0 Å². The Morgan fingerprint density at radius 2 is 0.909 bits per heavy atom. The molecule has 2 aliphatic carbocycles. The lowest BCUT2D eigenvalue weighted by atomic mass is 9.69. The molecule has 4 heteroatoms. The number of rotatable bonds is 0. The lowest BCUT2D eigenvalue weighted by Crippen LogP contribution is -2.59. The molecule has 1 aliphatic heterocycles. The molecule has 3 fully saturated rings. The Morgan fingerprint density at radius 1 is 0.591 bits per heavy atom. The molecule has 0 bridgehead atoms. The van der Waals surface area contributed by atoms with Crippen LogP contribution < -0.4 is 0 Å². The molecule has 0 aromatic rings. The second-order valence-corrected chi connectivity index (χ2v) is 9.50. The van der Waals surface area contributed by atoms with E-state index in [0.29, 0.717) is 10.8 Å². The molecule has 22 heavy (non-hydrogen) atoms. The minimum Gasteiger partial charge on any atom is -0.195 e. The Bertz CT molecular complexity index is 381. The quantitative estimate of drug-likeness (QED) is 0.591. The fourth-order valence-electron chi connectivity index (χ4n) is 4.50. The molecule has 2 spiro atoms. The Hall–Kier alpha value is -0.160. The van der Waals surface area contributed by atoms with E-state index in [2.05, 4.69) is 41.5 Å². The zero-order chi connectivity index (χ0) is 16.2.